The van der Waals surface area contributed by atoms with Crippen LogP contribution in [0.25, 0.3) is 11.4 Å². The van der Waals surface area contributed by atoms with Crippen LogP contribution in [0.1, 0.15) is 23.2 Å². The number of aromatic nitrogens is 2. The van der Waals surface area contributed by atoms with Crippen molar-refractivity contribution in [3.05, 3.63) is 69.0 Å². The molecule has 3 rings (SSSR count). The molecule has 1 heterocycles. The Balaban J connectivity index is 1.80. The topological polar surface area (TPSA) is 59.2 Å². The van der Waals surface area contributed by atoms with E-state index in [1.54, 1.807) is 42.5 Å². The summed E-state index contributed by atoms with van der Waals surface area (Å²) in [4.78, 5) is 18.7. The zero-order valence-corrected chi connectivity index (χ0v) is 16.0. The van der Waals surface area contributed by atoms with Crippen molar-refractivity contribution in [2.24, 2.45) is 0 Å². The first-order valence-corrected chi connectivity index (χ1v) is 8.94. The van der Waals surface area contributed by atoms with Gasteiger partial charge in [0.25, 0.3) is 5.91 Å². The lowest BCUT2D eigenvalue weighted by Crippen LogP contribution is -2.31. The van der Waals surface area contributed by atoms with E-state index in [-0.39, 0.29) is 18.0 Å². The van der Waals surface area contributed by atoms with Crippen molar-refractivity contribution < 1.29 is 9.32 Å². The van der Waals surface area contributed by atoms with Crippen molar-refractivity contribution >= 4 is 40.7 Å². The summed E-state index contributed by atoms with van der Waals surface area (Å²) in [5.74, 6) is 0.443. The van der Waals surface area contributed by atoms with E-state index >= 15 is 0 Å². The third kappa shape index (κ3) is 4.01. The summed E-state index contributed by atoms with van der Waals surface area (Å²) in [6.45, 7) is 2.43. The van der Waals surface area contributed by atoms with Crippen molar-refractivity contribution in [2.75, 3.05) is 6.54 Å². The minimum atomic E-state index is -0.297. The second kappa shape index (κ2) is 8.08. The highest BCUT2D eigenvalue weighted by Gasteiger charge is 2.22. The Hall–Kier alpha value is -2.08. The second-order valence-electron chi connectivity index (χ2n) is 5.43. The fraction of sp³-hybridized carbons (Fsp3) is 0.167. The molecule has 8 heteroatoms. The zero-order valence-electron chi connectivity index (χ0n) is 13.7. The van der Waals surface area contributed by atoms with Gasteiger partial charge in [-0.3, -0.25) is 4.79 Å². The molecule has 0 bridgehead atoms. The number of carbonyl (C=O) groups excluding carboxylic acids is 1. The van der Waals surface area contributed by atoms with Crippen LogP contribution in [0, 0.1) is 0 Å². The third-order valence-electron chi connectivity index (χ3n) is 3.74. The molecule has 2 aromatic carbocycles. The van der Waals surface area contributed by atoms with Gasteiger partial charge in [-0.05, 0) is 43.3 Å². The van der Waals surface area contributed by atoms with Gasteiger partial charge in [0.2, 0.25) is 11.7 Å². The second-order valence-corrected chi connectivity index (χ2v) is 6.69. The smallest absolute Gasteiger partial charge is 0.257 e. The van der Waals surface area contributed by atoms with Gasteiger partial charge in [-0.2, -0.15) is 4.98 Å². The van der Waals surface area contributed by atoms with E-state index in [0.717, 1.165) is 5.56 Å². The van der Waals surface area contributed by atoms with Crippen LogP contribution in [0.3, 0.4) is 0 Å². The number of carbonyl (C=O) groups is 1. The van der Waals surface area contributed by atoms with Crippen LogP contribution in [-0.2, 0) is 6.54 Å². The minimum Gasteiger partial charge on any atom is -0.337 e. The Kier molecular flexibility index (Phi) is 5.81. The van der Waals surface area contributed by atoms with Gasteiger partial charge >= 0.3 is 0 Å². The molecular weight excluding hydrogens is 397 g/mol. The molecular formula is C18H14Cl3N3O2. The molecule has 26 heavy (non-hydrogen) atoms. The van der Waals surface area contributed by atoms with E-state index < -0.39 is 0 Å². The molecule has 0 fully saturated rings. The van der Waals surface area contributed by atoms with Gasteiger partial charge in [0.05, 0.1) is 15.6 Å². The van der Waals surface area contributed by atoms with Crippen LogP contribution in [0.5, 0.6) is 0 Å². The van der Waals surface area contributed by atoms with Gasteiger partial charge in [0.15, 0.2) is 0 Å². The normalized spacial score (nSPS) is 10.8. The number of benzene rings is 2. The summed E-state index contributed by atoms with van der Waals surface area (Å²) < 4.78 is 5.27. The molecule has 0 spiro atoms. The van der Waals surface area contributed by atoms with Crippen LogP contribution in [0.4, 0.5) is 0 Å². The summed E-state index contributed by atoms with van der Waals surface area (Å²) >= 11 is 18.1. The maximum absolute atomic E-state index is 12.8. The van der Waals surface area contributed by atoms with Crippen molar-refractivity contribution in [3.8, 4) is 11.4 Å². The Labute approximate surface area is 165 Å². The summed E-state index contributed by atoms with van der Waals surface area (Å²) in [5, 5.41) is 5.17. The van der Waals surface area contributed by atoms with Crippen LogP contribution in [-0.4, -0.2) is 27.5 Å². The van der Waals surface area contributed by atoms with Gasteiger partial charge < -0.3 is 9.42 Å². The fourth-order valence-corrected chi connectivity index (χ4v) is 3.07. The first-order chi connectivity index (χ1) is 12.5. The number of halogens is 3. The van der Waals surface area contributed by atoms with Gasteiger partial charge in [-0.1, -0.05) is 46.0 Å². The van der Waals surface area contributed by atoms with E-state index in [0.29, 0.717) is 33.3 Å². The molecule has 0 radical (unpaired) electrons. The highest BCUT2D eigenvalue weighted by atomic mass is 35.5. The first-order valence-electron chi connectivity index (χ1n) is 7.81. The molecule has 5 nitrogen and oxygen atoms in total. The molecule has 1 aromatic heterocycles. The van der Waals surface area contributed by atoms with E-state index in [4.69, 9.17) is 39.3 Å². The molecule has 3 aromatic rings. The summed E-state index contributed by atoms with van der Waals surface area (Å²) in [5.41, 5.74) is 1.03. The number of rotatable bonds is 5. The fourth-order valence-electron chi connectivity index (χ4n) is 2.39. The third-order valence-corrected chi connectivity index (χ3v) is 4.62. The van der Waals surface area contributed by atoms with E-state index in [9.17, 15) is 4.79 Å². The monoisotopic (exact) mass is 409 g/mol. The van der Waals surface area contributed by atoms with Gasteiger partial charge in [0, 0.05) is 17.1 Å². The molecule has 0 aliphatic rings. The first kappa shape index (κ1) is 18.7. The zero-order chi connectivity index (χ0) is 18.7. The number of nitrogens with zero attached hydrogens (tertiary/aromatic N) is 3. The predicted molar refractivity (Wildman–Crippen MR) is 102 cm³/mol. The average Bonchev–Trinajstić information content (AvgIpc) is 3.08. The van der Waals surface area contributed by atoms with E-state index in [1.807, 2.05) is 6.92 Å². The predicted octanol–water partition coefficient (Wildman–Crippen LogP) is 5.36. The van der Waals surface area contributed by atoms with Crippen LogP contribution >= 0.6 is 34.8 Å². The standard InChI is InChI=1S/C18H14Cl3N3O2/c1-2-24(18(25)16-13(20)4-3-5-14(16)21)10-15-22-17(23-26-15)11-6-8-12(19)9-7-11/h3-9H,2,10H2,1H3. The molecule has 0 N–H and O–H groups in total. The Morgan fingerprint density at radius 2 is 1.73 bits per heavy atom. The Bertz CT molecular complexity index is 905. The largest absolute Gasteiger partial charge is 0.337 e. The minimum absolute atomic E-state index is 0.150. The maximum Gasteiger partial charge on any atom is 0.257 e. The Morgan fingerprint density at radius 3 is 2.35 bits per heavy atom. The van der Waals surface area contributed by atoms with Gasteiger partial charge in [0.1, 0.15) is 6.54 Å². The molecule has 0 aliphatic carbocycles. The molecule has 1 amide bonds. The van der Waals surface area contributed by atoms with Crippen LogP contribution < -0.4 is 0 Å². The lowest BCUT2D eigenvalue weighted by atomic mass is 10.2. The van der Waals surface area contributed by atoms with Gasteiger partial charge in [-0.25, -0.2) is 0 Å². The van der Waals surface area contributed by atoms with Crippen molar-refractivity contribution in [1.29, 1.82) is 0 Å². The maximum atomic E-state index is 12.8. The molecule has 0 saturated carbocycles. The molecule has 134 valence electrons. The van der Waals surface area contributed by atoms with Crippen molar-refractivity contribution in [3.63, 3.8) is 0 Å². The lowest BCUT2D eigenvalue weighted by molar-refractivity contribution is 0.0735. The van der Waals surface area contributed by atoms with Crippen molar-refractivity contribution in [2.45, 2.75) is 13.5 Å². The summed E-state index contributed by atoms with van der Waals surface area (Å²) in [6, 6.07) is 12.0. The van der Waals surface area contributed by atoms with E-state index in [1.165, 1.54) is 4.90 Å². The molecule has 0 unspecified atom stereocenters. The highest BCUT2D eigenvalue weighted by molar-refractivity contribution is 6.39. The van der Waals surface area contributed by atoms with Gasteiger partial charge in [-0.15, -0.1) is 0 Å². The number of hydrogen-bond donors (Lipinski definition) is 0. The van der Waals surface area contributed by atoms with Crippen LogP contribution in [0.2, 0.25) is 15.1 Å². The summed E-state index contributed by atoms with van der Waals surface area (Å²) in [7, 11) is 0. The summed E-state index contributed by atoms with van der Waals surface area (Å²) in [6.07, 6.45) is 0. The molecule has 0 saturated heterocycles. The van der Waals surface area contributed by atoms with E-state index in [2.05, 4.69) is 10.1 Å². The number of hydrogen-bond acceptors (Lipinski definition) is 4. The highest BCUT2D eigenvalue weighted by Crippen LogP contribution is 2.26. The van der Waals surface area contributed by atoms with Crippen molar-refractivity contribution in [1.82, 2.24) is 15.0 Å². The lowest BCUT2D eigenvalue weighted by Gasteiger charge is -2.20. The van der Waals surface area contributed by atoms with Crippen LogP contribution in [0.15, 0.2) is 47.0 Å². The Morgan fingerprint density at radius 1 is 1.08 bits per heavy atom. The number of amides is 1. The molecule has 0 atom stereocenters. The molecule has 0 aliphatic heterocycles. The SMILES string of the molecule is CCN(Cc1nc(-c2ccc(Cl)cc2)no1)C(=O)c1c(Cl)cccc1Cl. The average molecular weight is 411 g/mol. The quantitative estimate of drug-likeness (QED) is 0.568.